The maximum Gasteiger partial charge on any atom is 0.326 e. The van der Waals surface area contributed by atoms with Gasteiger partial charge in [0.2, 0.25) is 17.7 Å². The van der Waals surface area contributed by atoms with Gasteiger partial charge in [-0.25, -0.2) is 4.79 Å². The maximum atomic E-state index is 12.9. The monoisotopic (exact) mass is 461 g/mol. The Morgan fingerprint density at radius 3 is 2.03 bits per heavy atom. The third-order valence-electron chi connectivity index (χ3n) is 5.01. The molecule has 0 aromatic rings. The predicted molar refractivity (Wildman–Crippen MR) is 122 cm³/mol. The molecule has 31 heavy (non-hydrogen) atoms. The van der Waals surface area contributed by atoms with Crippen LogP contribution in [0.15, 0.2) is 0 Å². The van der Waals surface area contributed by atoms with Crippen LogP contribution in [0.1, 0.15) is 52.9 Å². The highest BCUT2D eigenvalue weighted by Gasteiger charge is 2.32. The van der Waals surface area contributed by atoms with Crippen LogP contribution in [0, 0.1) is 5.92 Å². The Hall–Kier alpha value is -1.85. The Kier molecular flexibility index (Phi) is 14.9. The summed E-state index contributed by atoms with van der Waals surface area (Å²) in [6, 6.07) is -3.62. The molecule has 0 heterocycles. The highest BCUT2D eigenvalue weighted by molar-refractivity contribution is 7.98. The number of thioether (sulfide) groups is 1. The van der Waals surface area contributed by atoms with Crippen LogP contribution in [0.25, 0.3) is 0 Å². The zero-order chi connectivity index (χ0) is 24.0. The lowest BCUT2D eigenvalue weighted by molar-refractivity contribution is -0.142. The van der Waals surface area contributed by atoms with Crippen LogP contribution in [0.5, 0.6) is 0 Å². The fourth-order valence-electron chi connectivity index (χ4n) is 2.78. The van der Waals surface area contributed by atoms with Crippen molar-refractivity contribution < 1.29 is 24.3 Å². The predicted octanol–water partition coefficient (Wildman–Crippen LogP) is -0.199. The van der Waals surface area contributed by atoms with E-state index in [9.17, 15) is 24.3 Å². The molecule has 0 bridgehead atoms. The highest BCUT2D eigenvalue weighted by Crippen LogP contribution is 2.11. The van der Waals surface area contributed by atoms with Crippen molar-refractivity contribution in [3.05, 3.63) is 0 Å². The number of carbonyl (C=O) groups is 4. The number of amides is 3. The van der Waals surface area contributed by atoms with Crippen LogP contribution in [0.2, 0.25) is 0 Å². The molecule has 0 aliphatic heterocycles. The number of aliphatic carboxylic acids is 1. The number of rotatable bonds is 16. The first-order valence-corrected chi connectivity index (χ1v) is 12.1. The average Bonchev–Trinajstić information content (AvgIpc) is 2.72. The van der Waals surface area contributed by atoms with Crippen molar-refractivity contribution in [2.45, 2.75) is 77.0 Å². The molecule has 10 nitrogen and oxygen atoms in total. The number of hydrogen-bond acceptors (Lipinski definition) is 7. The molecule has 0 rings (SSSR count). The lowest BCUT2D eigenvalue weighted by atomic mass is 9.97. The summed E-state index contributed by atoms with van der Waals surface area (Å²) in [7, 11) is 0. The van der Waals surface area contributed by atoms with E-state index >= 15 is 0 Å². The number of carboxylic acid groups (broad SMARTS) is 1. The number of nitrogens with one attached hydrogen (secondary N) is 3. The molecule has 5 atom stereocenters. The summed E-state index contributed by atoms with van der Waals surface area (Å²) in [5, 5.41) is 17.2. The van der Waals surface area contributed by atoms with Crippen LogP contribution >= 0.6 is 11.8 Å². The zero-order valence-electron chi connectivity index (χ0n) is 19.0. The molecule has 0 saturated carbocycles. The maximum absolute atomic E-state index is 12.9. The molecule has 5 unspecified atom stereocenters. The molecular formula is C20H39N5O5S. The van der Waals surface area contributed by atoms with Crippen LogP contribution < -0.4 is 27.4 Å². The van der Waals surface area contributed by atoms with Gasteiger partial charge in [0.05, 0.1) is 6.04 Å². The van der Waals surface area contributed by atoms with E-state index in [1.54, 1.807) is 6.92 Å². The standard InChI is InChI=1S/C20H39N5O5S/c1-5-12(2)16(19(28)24-15(20(29)30)9-11-31-4)25-18(27)14(8-6-7-10-21)23-17(26)13(3)22/h12-16H,5-11,21-22H2,1-4H3,(H,23,26)(H,24,28)(H,25,27)(H,29,30). The van der Waals surface area contributed by atoms with Gasteiger partial charge in [0, 0.05) is 0 Å². The third-order valence-corrected chi connectivity index (χ3v) is 5.66. The van der Waals surface area contributed by atoms with E-state index in [1.807, 2.05) is 13.2 Å². The zero-order valence-corrected chi connectivity index (χ0v) is 19.8. The Bertz CT molecular complexity index is 590. The molecule has 8 N–H and O–H groups in total. The molecule has 0 aliphatic rings. The molecule has 0 spiro atoms. The quantitative estimate of drug-likeness (QED) is 0.171. The van der Waals surface area contributed by atoms with E-state index in [4.69, 9.17) is 11.5 Å². The molecule has 11 heteroatoms. The van der Waals surface area contributed by atoms with Gasteiger partial charge in [-0.15, -0.1) is 0 Å². The number of hydrogen-bond donors (Lipinski definition) is 6. The summed E-state index contributed by atoms with van der Waals surface area (Å²) < 4.78 is 0. The van der Waals surface area contributed by atoms with Crippen molar-refractivity contribution in [2.24, 2.45) is 17.4 Å². The first kappa shape index (κ1) is 29.1. The molecular weight excluding hydrogens is 422 g/mol. The van der Waals surface area contributed by atoms with E-state index < -0.39 is 47.9 Å². The van der Waals surface area contributed by atoms with Crippen LogP contribution in [0.3, 0.4) is 0 Å². The van der Waals surface area contributed by atoms with Gasteiger partial charge in [0.15, 0.2) is 0 Å². The molecule has 0 aromatic heterocycles. The Morgan fingerprint density at radius 1 is 0.935 bits per heavy atom. The summed E-state index contributed by atoms with van der Waals surface area (Å²) >= 11 is 1.48. The molecule has 0 radical (unpaired) electrons. The van der Waals surface area contributed by atoms with Crippen LogP contribution in [-0.2, 0) is 19.2 Å². The first-order chi connectivity index (χ1) is 14.6. The number of nitrogens with two attached hydrogens (primary N) is 2. The average molecular weight is 462 g/mol. The van der Waals surface area contributed by atoms with Gasteiger partial charge in [-0.1, -0.05) is 20.3 Å². The van der Waals surface area contributed by atoms with Gasteiger partial charge in [0.1, 0.15) is 18.1 Å². The van der Waals surface area contributed by atoms with E-state index in [-0.39, 0.29) is 12.3 Å². The second-order valence-corrected chi connectivity index (χ2v) is 8.67. The summed E-state index contributed by atoms with van der Waals surface area (Å²) in [5.41, 5.74) is 11.1. The minimum absolute atomic E-state index is 0.243. The van der Waals surface area contributed by atoms with E-state index in [2.05, 4.69) is 16.0 Å². The van der Waals surface area contributed by atoms with Crippen LogP contribution in [0.4, 0.5) is 0 Å². The summed E-state index contributed by atoms with van der Waals surface area (Å²) in [6.45, 7) is 5.64. The van der Waals surface area contributed by atoms with Crippen molar-refractivity contribution in [3.63, 3.8) is 0 Å². The fraction of sp³-hybridized carbons (Fsp3) is 0.800. The van der Waals surface area contributed by atoms with Gasteiger partial charge in [0.25, 0.3) is 0 Å². The van der Waals surface area contributed by atoms with Crippen molar-refractivity contribution >= 4 is 35.5 Å². The van der Waals surface area contributed by atoms with Gasteiger partial charge in [-0.05, 0) is 57.1 Å². The van der Waals surface area contributed by atoms with Crippen molar-refractivity contribution in [2.75, 3.05) is 18.6 Å². The third kappa shape index (κ3) is 11.4. The molecule has 0 aromatic carbocycles. The second kappa shape index (κ2) is 15.9. The SMILES string of the molecule is CCC(C)C(NC(=O)C(CCCCN)NC(=O)C(C)N)C(=O)NC(CCSC)C(=O)O. The Morgan fingerprint density at radius 2 is 1.55 bits per heavy atom. The summed E-state index contributed by atoms with van der Waals surface area (Å²) in [6.07, 6.45) is 4.36. The van der Waals surface area contributed by atoms with Crippen molar-refractivity contribution in [1.82, 2.24) is 16.0 Å². The molecule has 180 valence electrons. The molecule has 0 saturated heterocycles. The molecule has 0 aliphatic carbocycles. The topological polar surface area (TPSA) is 177 Å². The number of unbranched alkanes of at least 4 members (excludes halogenated alkanes) is 1. The van der Waals surface area contributed by atoms with Crippen LogP contribution in [-0.4, -0.2) is 71.5 Å². The smallest absolute Gasteiger partial charge is 0.326 e. The van der Waals surface area contributed by atoms with Gasteiger partial charge in [-0.3, -0.25) is 14.4 Å². The fourth-order valence-corrected chi connectivity index (χ4v) is 3.25. The molecule has 3 amide bonds. The number of carboxylic acids is 1. The number of carbonyl (C=O) groups excluding carboxylic acids is 3. The van der Waals surface area contributed by atoms with E-state index in [0.29, 0.717) is 38.0 Å². The lowest BCUT2D eigenvalue weighted by Crippen LogP contribution is -2.58. The van der Waals surface area contributed by atoms with Gasteiger partial charge in [-0.2, -0.15) is 11.8 Å². The van der Waals surface area contributed by atoms with E-state index in [0.717, 1.165) is 0 Å². The second-order valence-electron chi connectivity index (χ2n) is 7.69. The van der Waals surface area contributed by atoms with E-state index in [1.165, 1.54) is 18.7 Å². The summed E-state index contributed by atoms with van der Waals surface area (Å²) in [4.78, 5) is 49.3. The minimum atomic E-state index is -1.12. The Labute approximate surface area is 189 Å². The minimum Gasteiger partial charge on any atom is -0.480 e. The molecule has 0 fully saturated rings. The lowest BCUT2D eigenvalue weighted by Gasteiger charge is -2.28. The van der Waals surface area contributed by atoms with Gasteiger partial charge >= 0.3 is 5.97 Å². The van der Waals surface area contributed by atoms with Crippen molar-refractivity contribution in [3.8, 4) is 0 Å². The van der Waals surface area contributed by atoms with Gasteiger partial charge < -0.3 is 32.5 Å². The first-order valence-electron chi connectivity index (χ1n) is 10.7. The normalized spacial score (nSPS) is 15.8. The summed E-state index contributed by atoms with van der Waals surface area (Å²) in [5.74, 6) is -2.34. The Balaban J connectivity index is 5.40. The largest absolute Gasteiger partial charge is 0.480 e. The van der Waals surface area contributed by atoms with Crippen molar-refractivity contribution in [1.29, 1.82) is 0 Å². The highest BCUT2D eigenvalue weighted by atomic mass is 32.2.